The summed E-state index contributed by atoms with van der Waals surface area (Å²) in [6, 6.07) is 13.6. The SMILES string of the molecule is O=C(O)Cc1cn(-c2cccc(C(F)(F)F)c2)nc1-c1ccccc1. The molecule has 0 saturated heterocycles. The molecule has 1 N–H and O–H groups in total. The number of halogens is 3. The molecule has 0 aliphatic carbocycles. The van der Waals surface area contributed by atoms with Crippen LogP contribution in [0.2, 0.25) is 0 Å². The van der Waals surface area contributed by atoms with E-state index in [4.69, 9.17) is 5.11 Å². The van der Waals surface area contributed by atoms with Gasteiger partial charge in [-0.1, -0.05) is 36.4 Å². The number of aromatic nitrogens is 2. The van der Waals surface area contributed by atoms with Gasteiger partial charge in [-0.3, -0.25) is 4.79 Å². The minimum atomic E-state index is -4.46. The molecular weight excluding hydrogens is 333 g/mol. The van der Waals surface area contributed by atoms with Crippen molar-refractivity contribution in [2.45, 2.75) is 12.6 Å². The Hall–Kier alpha value is -3.09. The van der Waals surface area contributed by atoms with Crippen molar-refractivity contribution in [1.29, 1.82) is 0 Å². The Bertz CT molecular complexity index is 902. The predicted octanol–water partition coefficient (Wildman–Crippen LogP) is 4.19. The number of rotatable bonds is 4. The van der Waals surface area contributed by atoms with Gasteiger partial charge in [-0.25, -0.2) is 4.68 Å². The Morgan fingerprint density at radius 1 is 1.08 bits per heavy atom. The molecule has 0 fully saturated rings. The van der Waals surface area contributed by atoms with E-state index in [2.05, 4.69) is 5.10 Å². The largest absolute Gasteiger partial charge is 0.481 e. The molecule has 3 aromatic rings. The number of hydrogen-bond donors (Lipinski definition) is 1. The van der Waals surface area contributed by atoms with Crippen LogP contribution in [-0.4, -0.2) is 20.9 Å². The lowest BCUT2D eigenvalue weighted by atomic mass is 10.1. The molecule has 0 aliphatic heterocycles. The molecule has 1 heterocycles. The van der Waals surface area contributed by atoms with Crippen molar-refractivity contribution in [3.8, 4) is 16.9 Å². The van der Waals surface area contributed by atoms with Crippen LogP contribution in [0.5, 0.6) is 0 Å². The Labute approximate surface area is 141 Å². The lowest BCUT2D eigenvalue weighted by Gasteiger charge is -2.08. The first kappa shape index (κ1) is 16.8. The normalized spacial score (nSPS) is 11.5. The van der Waals surface area contributed by atoms with Crippen molar-refractivity contribution in [3.05, 3.63) is 71.9 Å². The van der Waals surface area contributed by atoms with Gasteiger partial charge in [-0.15, -0.1) is 0 Å². The number of carboxylic acids is 1. The lowest BCUT2D eigenvalue weighted by molar-refractivity contribution is -0.138. The number of benzene rings is 2. The number of hydrogen-bond acceptors (Lipinski definition) is 2. The summed E-state index contributed by atoms with van der Waals surface area (Å²) in [6.45, 7) is 0. The second-order valence-electron chi connectivity index (χ2n) is 5.43. The van der Waals surface area contributed by atoms with Gasteiger partial charge in [0.15, 0.2) is 0 Å². The average molecular weight is 346 g/mol. The van der Waals surface area contributed by atoms with Gasteiger partial charge >= 0.3 is 12.1 Å². The minimum Gasteiger partial charge on any atom is -0.481 e. The third kappa shape index (κ3) is 3.71. The first-order valence-electron chi connectivity index (χ1n) is 7.38. The fourth-order valence-electron chi connectivity index (χ4n) is 2.50. The topological polar surface area (TPSA) is 55.1 Å². The molecule has 1 aromatic heterocycles. The van der Waals surface area contributed by atoms with E-state index in [-0.39, 0.29) is 12.1 Å². The Balaban J connectivity index is 2.09. The minimum absolute atomic E-state index is 0.212. The van der Waals surface area contributed by atoms with Crippen molar-refractivity contribution in [2.75, 3.05) is 0 Å². The quantitative estimate of drug-likeness (QED) is 0.771. The summed E-state index contributed by atoms with van der Waals surface area (Å²) in [7, 11) is 0. The molecule has 3 rings (SSSR count). The summed E-state index contributed by atoms with van der Waals surface area (Å²) in [5, 5.41) is 13.4. The van der Waals surface area contributed by atoms with Gasteiger partial charge in [0, 0.05) is 17.3 Å². The van der Waals surface area contributed by atoms with E-state index in [1.165, 1.54) is 23.0 Å². The highest BCUT2D eigenvalue weighted by Gasteiger charge is 2.30. The Morgan fingerprint density at radius 2 is 1.80 bits per heavy atom. The van der Waals surface area contributed by atoms with Crippen molar-refractivity contribution < 1.29 is 23.1 Å². The first-order chi connectivity index (χ1) is 11.8. The first-order valence-corrected chi connectivity index (χ1v) is 7.38. The van der Waals surface area contributed by atoms with Crippen LogP contribution in [0.1, 0.15) is 11.1 Å². The van der Waals surface area contributed by atoms with E-state index in [9.17, 15) is 18.0 Å². The molecule has 0 radical (unpaired) electrons. The van der Waals surface area contributed by atoms with Crippen LogP contribution in [0.15, 0.2) is 60.8 Å². The molecule has 128 valence electrons. The van der Waals surface area contributed by atoms with E-state index < -0.39 is 17.7 Å². The van der Waals surface area contributed by atoms with E-state index in [0.717, 1.165) is 12.1 Å². The zero-order valence-electron chi connectivity index (χ0n) is 12.9. The summed E-state index contributed by atoms with van der Waals surface area (Å²) < 4.78 is 40.0. The second-order valence-corrected chi connectivity index (χ2v) is 5.43. The van der Waals surface area contributed by atoms with E-state index in [1.807, 2.05) is 6.07 Å². The molecule has 7 heteroatoms. The molecule has 25 heavy (non-hydrogen) atoms. The van der Waals surface area contributed by atoms with Gasteiger partial charge in [0.2, 0.25) is 0 Å². The van der Waals surface area contributed by atoms with Crippen molar-refractivity contribution in [1.82, 2.24) is 9.78 Å². The maximum absolute atomic E-state index is 12.9. The Kier molecular flexibility index (Phi) is 4.31. The number of carboxylic acid groups (broad SMARTS) is 1. The zero-order valence-corrected chi connectivity index (χ0v) is 12.9. The van der Waals surface area contributed by atoms with Crippen LogP contribution in [0, 0.1) is 0 Å². The number of carbonyl (C=O) groups is 1. The van der Waals surface area contributed by atoms with Crippen molar-refractivity contribution in [3.63, 3.8) is 0 Å². The van der Waals surface area contributed by atoms with Crippen molar-refractivity contribution in [2.24, 2.45) is 0 Å². The highest BCUT2D eigenvalue weighted by Crippen LogP contribution is 2.31. The third-order valence-electron chi connectivity index (χ3n) is 3.62. The summed E-state index contributed by atoms with van der Waals surface area (Å²) in [4.78, 5) is 11.1. The monoisotopic (exact) mass is 346 g/mol. The lowest BCUT2D eigenvalue weighted by Crippen LogP contribution is -2.06. The second kappa shape index (κ2) is 6.43. The van der Waals surface area contributed by atoms with E-state index in [0.29, 0.717) is 16.8 Å². The molecular formula is C18H13F3N2O2. The maximum Gasteiger partial charge on any atom is 0.416 e. The van der Waals surface area contributed by atoms with Gasteiger partial charge < -0.3 is 5.11 Å². The summed E-state index contributed by atoms with van der Waals surface area (Å²) in [5.74, 6) is -1.04. The maximum atomic E-state index is 12.9. The summed E-state index contributed by atoms with van der Waals surface area (Å²) in [6.07, 6.45) is -3.29. The number of nitrogens with zero attached hydrogens (tertiary/aromatic N) is 2. The van der Waals surface area contributed by atoms with Crippen LogP contribution in [0.25, 0.3) is 16.9 Å². The third-order valence-corrected chi connectivity index (χ3v) is 3.62. The van der Waals surface area contributed by atoms with Crippen LogP contribution < -0.4 is 0 Å². The van der Waals surface area contributed by atoms with Gasteiger partial charge in [-0.2, -0.15) is 18.3 Å². The molecule has 0 bridgehead atoms. The molecule has 0 aliphatic rings. The highest BCUT2D eigenvalue weighted by atomic mass is 19.4. The standard InChI is InChI=1S/C18H13F3N2O2/c19-18(20,21)14-7-4-8-15(10-14)23-11-13(9-16(24)25)17(22-23)12-5-2-1-3-6-12/h1-8,10-11H,9H2,(H,24,25). The summed E-state index contributed by atoms with van der Waals surface area (Å²) in [5.41, 5.74) is 0.978. The molecule has 0 amide bonds. The van der Waals surface area contributed by atoms with E-state index in [1.54, 1.807) is 24.3 Å². The smallest absolute Gasteiger partial charge is 0.416 e. The molecule has 0 spiro atoms. The average Bonchev–Trinajstić information content (AvgIpc) is 2.98. The predicted molar refractivity (Wildman–Crippen MR) is 85.3 cm³/mol. The van der Waals surface area contributed by atoms with Gasteiger partial charge in [0.25, 0.3) is 0 Å². The molecule has 2 aromatic carbocycles. The number of alkyl halides is 3. The van der Waals surface area contributed by atoms with Gasteiger partial charge in [-0.05, 0) is 18.2 Å². The zero-order chi connectivity index (χ0) is 18.0. The summed E-state index contributed by atoms with van der Waals surface area (Å²) >= 11 is 0. The fourth-order valence-corrected chi connectivity index (χ4v) is 2.50. The highest BCUT2D eigenvalue weighted by molar-refractivity contribution is 5.75. The molecule has 0 saturated carbocycles. The van der Waals surface area contributed by atoms with Crippen LogP contribution >= 0.6 is 0 Å². The van der Waals surface area contributed by atoms with Gasteiger partial charge in [0.1, 0.15) is 0 Å². The van der Waals surface area contributed by atoms with Crippen LogP contribution in [-0.2, 0) is 17.4 Å². The van der Waals surface area contributed by atoms with Gasteiger partial charge in [0.05, 0.1) is 23.4 Å². The number of aliphatic carboxylic acids is 1. The molecule has 0 atom stereocenters. The molecule has 4 nitrogen and oxygen atoms in total. The van der Waals surface area contributed by atoms with Crippen LogP contribution in [0.4, 0.5) is 13.2 Å². The van der Waals surface area contributed by atoms with E-state index >= 15 is 0 Å². The Morgan fingerprint density at radius 3 is 2.44 bits per heavy atom. The van der Waals surface area contributed by atoms with Crippen molar-refractivity contribution >= 4 is 5.97 Å². The fraction of sp³-hybridized carbons (Fsp3) is 0.111. The molecule has 0 unspecified atom stereocenters. The van der Waals surface area contributed by atoms with Crippen LogP contribution in [0.3, 0.4) is 0 Å².